The van der Waals surface area contributed by atoms with Crippen molar-refractivity contribution in [3.8, 4) is 5.75 Å². The number of anilines is 1. The Hall–Kier alpha value is -1.87. The van der Waals surface area contributed by atoms with Crippen LogP contribution in [0.3, 0.4) is 0 Å². The van der Waals surface area contributed by atoms with Gasteiger partial charge in [0.1, 0.15) is 5.75 Å². The second-order valence-electron chi connectivity index (χ2n) is 4.15. The van der Waals surface area contributed by atoms with E-state index in [0.717, 1.165) is 0 Å². The lowest BCUT2D eigenvalue weighted by molar-refractivity contribution is -0.0516. The van der Waals surface area contributed by atoms with Gasteiger partial charge in [-0.3, -0.25) is 10.1 Å². The topological polar surface area (TPSA) is 77.2 Å². The highest BCUT2D eigenvalue weighted by Crippen LogP contribution is 2.39. The first-order chi connectivity index (χ1) is 10.9. The number of halogens is 3. The number of hydrogen-bond acceptors (Lipinski definition) is 6. The molecule has 0 saturated heterocycles. The van der Waals surface area contributed by atoms with Crippen LogP contribution in [0, 0.1) is 6.92 Å². The van der Waals surface area contributed by atoms with E-state index in [1.54, 1.807) is 6.92 Å². The second kappa shape index (κ2) is 7.60. The van der Waals surface area contributed by atoms with Gasteiger partial charge in [-0.1, -0.05) is 23.6 Å². The van der Waals surface area contributed by atoms with E-state index in [9.17, 15) is 13.6 Å². The summed E-state index contributed by atoms with van der Waals surface area (Å²) in [6, 6.07) is 2.48. The number of rotatable bonds is 6. The lowest BCUT2D eigenvalue weighted by Gasteiger charge is -2.13. The molecule has 0 saturated carbocycles. The summed E-state index contributed by atoms with van der Waals surface area (Å²) in [5.74, 6) is 0.171. The molecule has 1 aromatic carbocycles. The molecule has 0 bridgehead atoms. The van der Waals surface area contributed by atoms with Crippen molar-refractivity contribution >= 4 is 35.3 Å². The Morgan fingerprint density at radius 2 is 2.22 bits per heavy atom. The van der Waals surface area contributed by atoms with Gasteiger partial charge in [0, 0.05) is 6.92 Å². The molecule has 0 aliphatic heterocycles. The van der Waals surface area contributed by atoms with Gasteiger partial charge in [0.05, 0.1) is 15.5 Å². The van der Waals surface area contributed by atoms with Crippen molar-refractivity contribution in [3.63, 3.8) is 0 Å². The van der Waals surface area contributed by atoms with E-state index in [-0.39, 0.29) is 33.1 Å². The second-order valence-corrected chi connectivity index (χ2v) is 5.80. The Labute approximate surface area is 139 Å². The van der Waals surface area contributed by atoms with Crippen molar-refractivity contribution < 1.29 is 22.7 Å². The van der Waals surface area contributed by atoms with Gasteiger partial charge in [0.25, 0.3) is 5.91 Å². The number of aromatic nitrogens is 2. The molecule has 2 aromatic rings. The molecule has 2 rings (SSSR count). The first-order valence-corrected chi connectivity index (χ1v) is 7.80. The van der Waals surface area contributed by atoms with Gasteiger partial charge < -0.3 is 9.15 Å². The summed E-state index contributed by atoms with van der Waals surface area (Å²) in [5, 5.41) is 9.62. The number of nitrogens with one attached hydrogen (secondary N) is 1. The molecule has 0 radical (unpaired) electrons. The molecule has 0 aliphatic rings. The third-order valence-electron chi connectivity index (χ3n) is 2.56. The summed E-state index contributed by atoms with van der Waals surface area (Å²) < 4.78 is 34.3. The van der Waals surface area contributed by atoms with Crippen molar-refractivity contribution in [1.82, 2.24) is 10.2 Å². The first kappa shape index (κ1) is 17.5. The fraction of sp³-hybridized carbons (Fsp3) is 0.308. The standard InChI is InChI=1S/C13H12ClF2N3O3S/c1-3-23-10-8(22-12(15)16)5-4-7(9(10)14)11(20)17-13-19-18-6(2)21-13/h4-5,12H,3H2,1-2H3,(H,17,19,20). The van der Waals surface area contributed by atoms with Crippen LogP contribution in [0.2, 0.25) is 5.02 Å². The highest BCUT2D eigenvalue weighted by atomic mass is 35.5. The van der Waals surface area contributed by atoms with Crippen molar-refractivity contribution in [3.05, 3.63) is 28.6 Å². The zero-order valence-electron chi connectivity index (χ0n) is 12.1. The minimum atomic E-state index is -2.98. The molecule has 1 N–H and O–H groups in total. The molecule has 0 aliphatic carbocycles. The number of hydrogen-bond donors (Lipinski definition) is 1. The van der Waals surface area contributed by atoms with E-state index < -0.39 is 12.5 Å². The lowest BCUT2D eigenvalue weighted by Crippen LogP contribution is -2.13. The molecule has 1 amide bonds. The van der Waals surface area contributed by atoms with E-state index in [0.29, 0.717) is 5.75 Å². The number of ether oxygens (including phenoxy) is 1. The fourth-order valence-corrected chi connectivity index (χ4v) is 2.88. The molecule has 0 fully saturated rings. The lowest BCUT2D eigenvalue weighted by atomic mass is 10.2. The maximum atomic E-state index is 12.4. The Morgan fingerprint density at radius 3 is 2.78 bits per heavy atom. The molecular formula is C13H12ClF2N3O3S. The Balaban J connectivity index is 2.31. The Kier molecular flexibility index (Phi) is 5.78. The van der Waals surface area contributed by atoms with Crippen LogP contribution < -0.4 is 10.1 Å². The van der Waals surface area contributed by atoms with Crippen molar-refractivity contribution in [1.29, 1.82) is 0 Å². The van der Waals surface area contributed by atoms with Crippen molar-refractivity contribution in [2.24, 2.45) is 0 Å². The maximum absolute atomic E-state index is 12.4. The summed E-state index contributed by atoms with van der Waals surface area (Å²) in [4.78, 5) is 12.5. The fourth-order valence-electron chi connectivity index (χ4n) is 1.69. The van der Waals surface area contributed by atoms with Gasteiger partial charge in [-0.25, -0.2) is 0 Å². The molecule has 6 nitrogen and oxygen atoms in total. The van der Waals surface area contributed by atoms with Crippen LogP contribution in [0.4, 0.5) is 14.8 Å². The summed E-state index contributed by atoms with van der Waals surface area (Å²) >= 11 is 7.36. The third-order valence-corrected chi connectivity index (χ3v) is 4.04. The predicted octanol–water partition coefficient (Wildman–Crippen LogP) is 4.00. The Morgan fingerprint density at radius 1 is 1.48 bits per heavy atom. The predicted molar refractivity (Wildman–Crippen MR) is 81.5 cm³/mol. The van der Waals surface area contributed by atoms with E-state index in [2.05, 4.69) is 20.3 Å². The number of benzene rings is 1. The molecule has 124 valence electrons. The molecule has 0 atom stereocenters. The number of carbonyl (C=O) groups excluding carboxylic acids is 1. The zero-order chi connectivity index (χ0) is 17.0. The quantitative estimate of drug-likeness (QED) is 0.782. The summed E-state index contributed by atoms with van der Waals surface area (Å²) in [6.07, 6.45) is 0. The molecule has 1 heterocycles. The SMILES string of the molecule is CCSc1c(OC(F)F)ccc(C(=O)Nc2nnc(C)o2)c1Cl. The minimum absolute atomic E-state index is 0.0173. The van der Waals surface area contributed by atoms with Crippen LogP contribution in [0.25, 0.3) is 0 Å². The van der Waals surface area contributed by atoms with Gasteiger partial charge in [-0.05, 0) is 17.9 Å². The van der Waals surface area contributed by atoms with Crippen LogP contribution in [-0.2, 0) is 0 Å². The Bertz CT molecular complexity index is 712. The monoisotopic (exact) mass is 363 g/mol. The van der Waals surface area contributed by atoms with Crippen LogP contribution in [0.5, 0.6) is 5.75 Å². The number of aryl methyl sites for hydroxylation is 1. The van der Waals surface area contributed by atoms with Gasteiger partial charge in [0.2, 0.25) is 5.89 Å². The number of thioether (sulfide) groups is 1. The van der Waals surface area contributed by atoms with Crippen LogP contribution in [0.15, 0.2) is 21.4 Å². The number of carbonyl (C=O) groups is 1. The van der Waals surface area contributed by atoms with Crippen LogP contribution >= 0.6 is 23.4 Å². The number of nitrogens with zero attached hydrogens (tertiary/aromatic N) is 2. The summed E-state index contributed by atoms with van der Waals surface area (Å²) in [6.45, 7) is 0.409. The van der Waals surface area contributed by atoms with Crippen molar-refractivity contribution in [2.45, 2.75) is 25.4 Å². The van der Waals surface area contributed by atoms with Gasteiger partial charge in [0.15, 0.2) is 0 Å². The average molecular weight is 364 g/mol. The van der Waals surface area contributed by atoms with E-state index in [4.69, 9.17) is 16.0 Å². The van der Waals surface area contributed by atoms with Crippen LogP contribution in [-0.4, -0.2) is 28.5 Å². The molecule has 10 heteroatoms. The van der Waals surface area contributed by atoms with Gasteiger partial charge in [-0.15, -0.1) is 16.9 Å². The van der Waals surface area contributed by atoms with E-state index in [1.165, 1.54) is 23.9 Å². The minimum Gasteiger partial charge on any atom is -0.434 e. The summed E-state index contributed by atoms with van der Waals surface area (Å²) in [7, 11) is 0. The normalized spacial score (nSPS) is 10.9. The third kappa shape index (κ3) is 4.32. The maximum Gasteiger partial charge on any atom is 0.387 e. The first-order valence-electron chi connectivity index (χ1n) is 6.44. The van der Waals surface area contributed by atoms with Crippen LogP contribution in [0.1, 0.15) is 23.2 Å². The average Bonchev–Trinajstić information content (AvgIpc) is 2.87. The van der Waals surface area contributed by atoms with Gasteiger partial charge in [-0.2, -0.15) is 8.78 Å². The highest BCUT2D eigenvalue weighted by Gasteiger charge is 2.21. The van der Waals surface area contributed by atoms with Gasteiger partial charge >= 0.3 is 12.6 Å². The van der Waals surface area contributed by atoms with E-state index in [1.807, 2.05) is 6.92 Å². The highest BCUT2D eigenvalue weighted by molar-refractivity contribution is 7.99. The smallest absolute Gasteiger partial charge is 0.387 e. The zero-order valence-corrected chi connectivity index (χ0v) is 13.7. The number of amides is 1. The number of alkyl halides is 2. The molecule has 23 heavy (non-hydrogen) atoms. The molecule has 1 aromatic heterocycles. The molecule has 0 unspecified atom stereocenters. The largest absolute Gasteiger partial charge is 0.434 e. The summed E-state index contributed by atoms with van der Waals surface area (Å²) in [5.41, 5.74) is 0.0834. The molecular weight excluding hydrogens is 352 g/mol. The van der Waals surface area contributed by atoms with Crippen molar-refractivity contribution in [2.75, 3.05) is 11.1 Å². The molecule has 0 spiro atoms. The van der Waals surface area contributed by atoms with E-state index >= 15 is 0 Å².